The Morgan fingerprint density at radius 2 is 1.83 bits per heavy atom. The minimum atomic E-state index is -1.14. The summed E-state index contributed by atoms with van der Waals surface area (Å²) in [5, 5.41) is 0.546. The van der Waals surface area contributed by atoms with E-state index in [0.717, 1.165) is 0 Å². The number of hydrogen-bond acceptors (Lipinski definition) is 2. The van der Waals surface area contributed by atoms with Gasteiger partial charge in [0.15, 0.2) is 0 Å². The lowest BCUT2D eigenvalue weighted by molar-refractivity contribution is 0.365. The maximum Gasteiger partial charge on any atom is 0.208 e. The van der Waals surface area contributed by atoms with Gasteiger partial charge in [-0.25, -0.2) is 4.39 Å². The largest absolute Gasteiger partial charge is 0.328 e. The van der Waals surface area contributed by atoms with Crippen molar-refractivity contribution in [1.29, 1.82) is 0 Å². The van der Waals surface area contributed by atoms with Gasteiger partial charge in [0.1, 0.15) is 5.82 Å². The molecule has 1 saturated heterocycles. The Bertz CT molecular complexity index is 274. The van der Waals surface area contributed by atoms with Crippen molar-refractivity contribution in [3.63, 3.8) is 0 Å². The average molecular weight is 186 g/mol. The first-order valence-corrected chi connectivity index (χ1v) is 4.86. The molecule has 2 nitrogen and oxygen atoms in total. The van der Waals surface area contributed by atoms with Gasteiger partial charge >= 0.3 is 0 Å². The van der Waals surface area contributed by atoms with Gasteiger partial charge in [0.25, 0.3) is 0 Å². The minimum Gasteiger partial charge on any atom is -0.328 e. The highest BCUT2D eigenvalue weighted by molar-refractivity contribution is 7.56. The summed E-state index contributed by atoms with van der Waals surface area (Å²) in [6.45, 7) is 1.14. The first-order valence-electron chi connectivity index (χ1n) is 3.68. The van der Waals surface area contributed by atoms with Crippen molar-refractivity contribution >= 4 is 13.7 Å². The molecule has 1 heterocycles. The summed E-state index contributed by atoms with van der Waals surface area (Å²) in [6.07, 6.45) is 0. The maximum absolute atomic E-state index is 13.1. The monoisotopic (exact) mass is 186 g/mol. The molecule has 1 aromatic carbocycles. The fourth-order valence-electron chi connectivity index (χ4n) is 1.02. The van der Waals surface area contributed by atoms with E-state index in [-0.39, 0.29) is 5.82 Å². The normalized spacial score (nSPS) is 18.4. The number of halogens is 1. The zero-order valence-electron chi connectivity index (χ0n) is 6.37. The van der Waals surface area contributed by atoms with Gasteiger partial charge in [0.2, 0.25) is 8.38 Å². The van der Waals surface area contributed by atoms with Gasteiger partial charge < -0.3 is 9.05 Å². The van der Waals surface area contributed by atoms with Gasteiger partial charge in [-0.05, 0) is 12.1 Å². The van der Waals surface area contributed by atoms with Crippen LogP contribution in [-0.2, 0) is 9.05 Å². The van der Waals surface area contributed by atoms with E-state index < -0.39 is 8.38 Å². The third-order valence-electron chi connectivity index (χ3n) is 1.55. The van der Waals surface area contributed by atoms with E-state index in [4.69, 9.17) is 9.05 Å². The molecule has 12 heavy (non-hydrogen) atoms. The fourth-order valence-corrected chi connectivity index (χ4v) is 2.31. The molecule has 1 aliphatic heterocycles. The molecular formula is C8H8FO2P. The number of benzene rings is 1. The molecule has 1 fully saturated rings. The van der Waals surface area contributed by atoms with Crippen molar-refractivity contribution in [3.8, 4) is 0 Å². The van der Waals surface area contributed by atoms with Gasteiger partial charge in [0, 0.05) is 0 Å². The molecule has 1 aliphatic rings. The van der Waals surface area contributed by atoms with Crippen LogP contribution in [0.5, 0.6) is 0 Å². The topological polar surface area (TPSA) is 18.5 Å². The predicted octanol–water partition coefficient (Wildman–Crippen LogP) is 1.81. The van der Waals surface area contributed by atoms with E-state index in [0.29, 0.717) is 18.5 Å². The summed E-state index contributed by atoms with van der Waals surface area (Å²) < 4.78 is 23.5. The summed E-state index contributed by atoms with van der Waals surface area (Å²) in [5.74, 6) is -0.245. The molecule has 0 aromatic heterocycles. The van der Waals surface area contributed by atoms with Crippen LogP contribution in [0.1, 0.15) is 0 Å². The van der Waals surface area contributed by atoms with Gasteiger partial charge in [-0.3, -0.25) is 0 Å². The third-order valence-corrected chi connectivity index (χ3v) is 3.14. The number of rotatable bonds is 1. The standard InChI is InChI=1S/C8H8FO2P/c9-7-3-1-2-4-8(7)12-10-5-6-11-12/h1-4H,5-6H2. The van der Waals surface area contributed by atoms with Gasteiger partial charge in [0.05, 0.1) is 18.5 Å². The van der Waals surface area contributed by atoms with E-state index in [1.165, 1.54) is 6.07 Å². The van der Waals surface area contributed by atoms with Crippen molar-refractivity contribution in [1.82, 2.24) is 0 Å². The van der Waals surface area contributed by atoms with Crippen LogP contribution in [-0.4, -0.2) is 13.2 Å². The lowest BCUT2D eigenvalue weighted by Gasteiger charge is -2.07. The van der Waals surface area contributed by atoms with Crippen LogP contribution < -0.4 is 5.30 Å². The molecule has 1 aromatic rings. The summed E-state index contributed by atoms with van der Waals surface area (Å²) in [4.78, 5) is 0. The van der Waals surface area contributed by atoms with Crippen LogP contribution in [0.3, 0.4) is 0 Å². The fraction of sp³-hybridized carbons (Fsp3) is 0.250. The van der Waals surface area contributed by atoms with Crippen LogP contribution in [0.15, 0.2) is 24.3 Å². The van der Waals surface area contributed by atoms with Crippen molar-refractivity contribution in [2.45, 2.75) is 0 Å². The van der Waals surface area contributed by atoms with E-state index in [9.17, 15) is 4.39 Å². The molecule has 0 unspecified atom stereocenters. The van der Waals surface area contributed by atoms with Crippen molar-refractivity contribution in [3.05, 3.63) is 30.1 Å². The molecule has 0 aliphatic carbocycles. The second-order valence-electron chi connectivity index (χ2n) is 2.37. The molecular weight excluding hydrogens is 178 g/mol. The Morgan fingerprint density at radius 1 is 1.17 bits per heavy atom. The smallest absolute Gasteiger partial charge is 0.208 e. The predicted molar refractivity (Wildman–Crippen MR) is 44.9 cm³/mol. The molecule has 64 valence electrons. The Balaban J connectivity index is 2.26. The molecule has 0 radical (unpaired) electrons. The average Bonchev–Trinajstić information content (AvgIpc) is 2.57. The second kappa shape index (κ2) is 3.48. The first-order chi connectivity index (χ1) is 5.88. The molecule has 0 bridgehead atoms. The Morgan fingerprint density at radius 3 is 2.50 bits per heavy atom. The summed E-state index contributed by atoms with van der Waals surface area (Å²) in [7, 11) is -1.14. The van der Waals surface area contributed by atoms with Gasteiger partial charge in [-0.15, -0.1) is 0 Å². The summed E-state index contributed by atoms with van der Waals surface area (Å²) in [6, 6.07) is 6.56. The highest BCUT2D eigenvalue weighted by Gasteiger charge is 2.22. The first kappa shape index (κ1) is 8.11. The summed E-state index contributed by atoms with van der Waals surface area (Å²) in [5.41, 5.74) is 0. The SMILES string of the molecule is Fc1ccccc1P1OCCO1. The molecule has 0 N–H and O–H groups in total. The van der Waals surface area contributed by atoms with Gasteiger partial charge in [-0.2, -0.15) is 0 Å². The van der Waals surface area contributed by atoms with Gasteiger partial charge in [-0.1, -0.05) is 12.1 Å². The van der Waals surface area contributed by atoms with E-state index >= 15 is 0 Å². The molecule has 0 amide bonds. The summed E-state index contributed by atoms with van der Waals surface area (Å²) >= 11 is 0. The highest BCUT2D eigenvalue weighted by Crippen LogP contribution is 2.41. The van der Waals surface area contributed by atoms with Crippen LogP contribution in [0.4, 0.5) is 4.39 Å². The highest BCUT2D eigenvalue weighted by atomic mass is 31.2. The van der Waals surface area contributed by atoms with E-state index in [2.05, 4.69) is 0 Å². The van der Waals surface area contributed by atoms with Crippen LogP contribution in [0, 0.1) is 5.82 Å². The Hall–Kier alpha value is -0.500. The van der Waals surface area contributed by atoms with Crippen LogP contribution >= 0.6 is 8.38 Å². The lowest BCUT2D eigenvalue weighted by Crippen LogP contribution is -2.05. The lowest BCUT2D eigenvalue weighted by atomic mass is 10.3. The zero-order chi connectivity index (χ0) is 8.39. The molecule has 2 rings (SSSR count). The zero-order valence-corrected chi connectivity index (χ0v) is 7.26. The molecule has 0 spiro atoms. The maximum atomic E-state index is 13.1. The molecule has 4 heteroatoms. The van der Waals surface area contributed by atoms with Crippen molar-refractivity contribution in [2.24, 2.45) is 0 Å². The Labute approximate surface area is 71.2 Å². The van der Waals surface area contributed by atoms with Crippen LogP contribution in [0.2, 0.25) is 0 Å². The third kappa shape index (κ3) is 1.48. The van der Waals surface area contributed by atoms with E-state index in [1.54, 1.807) is 18.2 Å². The molecule has 0 saturated carbocycles. The van der Waals surface area contributed by atoms with Crippen molar-refractivity contribution < 1.29 is 13.4 Å². The minimum absolute atomic E-state index is 0.245. The Kier molecular flexibility index (Phi) is 2.35. The quantitative estimate of drug-likeness (QED) is 0.622. The van der Waals surface area contributed by atoms with Crippen molar-refractivity contribution in [2.75, 3.05) is 13.2 Å². The number of hydrogen-bond donors (Lipinski definition) is 0. The second-order valence-corrected chi connectivity index (χ2v) is 3.89. The van der Waals surface area contributed by atoms with Crippen LogP contribution in [0.25, 0.3) is 0 Å². The molecule has 0 atom stereocenters. The van der Waals surface area contributed by atoms with E-state index in [1.807, 2.05) is 0 Å².